The zero-order valence-corrected chi connectivity index (χ0v) is 13.0. The molecule has 0 unspecified atom stereocenters. The van der Waals surface area contributed by atoms with Gasteiger partial charge in [0.1, 0.15) is 12.4 Å². The van der Waals surface area contributed by atoms with Crippen LogP contribution in [0.25, 0.3) is 0 Å². The molecule has 1 atom stereocenters. The first kappa shape index (κ1) is 16.3. The quantitative estimate of drug-likeness (QED) is 0.826. The molecule has 3 nitrogen and oxygen atoms in total. The van der Waals surface area contributed by atoms with Crippen LogP contribution >= 0.6 is 0 Å². The summed E-state index contributed by atoms with van der Waals surface area (Å²) in [6.45, 7) is 4.53. The Morgan fingerprint density at radius 3 is 2.45 bits per heavy atom. The summed E-state index contributed by atoms with van der Waals surface area (Å²) in [7, 11) is 0. The largest absolute Gasteiger partial charge is 0.488 e. The molecule has 2 N–H and O–H groups in total. The van der Waals surface area contributed by atoms with Crippen LogP contribution < -0.4 is 15.2 Å². The van der Waals surface area contributed by atoms with Gasteiger partial charge in [-0.1, -0.05) is 38.1 Å². The highest BCUT2D eigenvalue weighted by Crippen LogP contribution is 2.34. The van der Waals surface area contributed by atoms with Gasteiger partial charge in [-0.25, -0.2) is 4.39 Å². The van der Waals surface area contributed by atoms with Crippen LogP contribution in [0.4, 0.5) is 4.39 Å². The SMILES string of the molecule is CC(C)C[C@H](N)COc1cccc(F)c1Oc1ccccc1. The molecule has 0 heterocycles. The van der Waals surface area contributed by atoms with Crippen molar-refractivity contribution in [3.8, 4) is 17.2 Å². The number of benzene rings is 2. The fraction of sp³-hybridized carbons (Fsp3) is 0.333. The summed E-state index contributed by atoms with van der Waals surface area (Å²) >= 11 is 0. The molecule has 0 bridgehead atoms. The van der Waals surface area contributed by atoms with Crippen LogP contribution in [-0.4, -0.2) is 12.6 Å². The maximum absolute atomic E-state index is 14.0. The van der Waals surface area contributed by atoms with Gasteiger partial charge in [0.2, 0.25) is 5.75 Å². The van der Waals surface area contributed by atoms with Crippen LogP contribution in [0, 0.1) is 11.7 Å². The van der Waals surface area contributed by atoms with Crippen LogP contribution in [0.3, 0.4) is 0 Å². The van der Waals surface area contributed by atoms with Gasteiger partial charge in [-0.15, -0.1) is 0 Å². The van der Waals surface area contributed by atoms with Crippen molar-refractivity contribution in [3.63, 3.8) is 0 Å². The van der Waals surface area contributed by atoms with Gasteiger partial charge in [0, 0.05) is 6.04 Å². The number of rotatable bonds is 7. The highest BCUT2D eigenvalue weighted by Gasteiger charge is 2.14. The second-order valence-electron chi connectivity index (χ2n) is 5.68. The van der Waals surface area contributed by atoms with E-state index in [9.17, 15) is 4.39 Å². The molecule has 2 aromatic rings. The van der Waals surface area contributed by atoms with Gasteiger partial charge in [0.25, 0.3) is 0 Å². The summed E-state index contributed by atoms with van der Waals surface area (Å²) in [6.07, 6.45) is 0.851. The molecule has 118 valence electrons. The summed E-state index contributed by atoms with van der Waals surface area (Å²) in [5.41, 5.74) is 6.00. The monoisotopic (exact) mass is 303 g/mol. The molecule has 2 rings (SSSR count). The van der Waals surface area contributed by atoms with Crippen molar-refractivity contribution in [3.05, 3.63) is 54.3 Å². The van der Waals surface area contributed by atoms with E-state index in [0.29, 0.717) is 24.0 Å². The van der Waals surface area contributed by atoms with E-state index in [1.807, 2.05) is 18.2 Å². The molecule has 2 aromatic carbocycles. The first-order valence-electron chi connectivity index (χ1n) is 7.46. The van der Waals surface area contributed by atoms with Crippen molar-refractivity contribution in [2.24, 2.45) is 11.7 Å². The van der Waals surface area contributed by atoms with Gasteiger partial charge in [-0.05, 0) is 36.6 Å². The molecular formula is C18H22FNO2. The number of halogens is 1. The van der Waals surface area contributed by atoms with Crippen LogP contribution in [0.15, 0.2) is 48.5 Å². The first-order chi connectivity index (χ1) is 10.6. The fourth-order valence-electron chi connectivity index (χ4n) is 2.18. The van der Waals surface area contributed by atoms with E-state index >= 15 is 0 Å². The Kier molecular flexibility index (Phi) is 5.78. The third-order valence-corrected chi connectivity index (χ3v) is 3.12. The molecule has 0 radical (unpaired) electrons. The van der Waals surface area contributed by atoms with Crippen molar-refractivity contribution in [2.75, 3.05) is 6.61 Å². The van der Waals surface area contributed by atoms with Gasteiger partial charge >= 0.3 is 0 Å². The third kappa shape index (κ3) is 4.74. The predicted molar refractivity (Wildman–Crippen MR) is 85.8 cm³/mol. The van der Waals surface area contributed by atoms with E-state index in [0.717, 1.165) is 6.42 Å². The van der Waals surface area contributed by atoms with Crippen molar-refractivity contribution < 1.29 is 13.9 Å². The van der Waals surface area contributed by atoms with Crippen LogP contribution in [0.5, 0.6) is 17.2 Å². The summed E-state index contributed by atoms with van der Waals surface area (Å²) in [5, 5.41) is 0. The standard InChI is InChI=1S/C18H22FNO2/c1-13(2)11-14(20)12-21-17-10-6-9-16(19)18(17)22-15-7-4-3-5-8-15/h3-10,13-14H,11-12,20H2,1-2H3/t14-/m0/s1. The topological polar surface area (TPSA) is 44.5 Å². The minimum Gasteiger partial charge on any atom is -0.488 e. The second-order valence-corrected chi connectivity index (χ2v) is 5.68. The van der Waals surface area contributed by atoms with Crippen LogP contribution in [0.1, 0.15) is 20.3 Å². The van der Waals surface area contributed by atoms with Crippen LogP contribution in [-0.2, 0) is 0 Å². The lowest BCUT2D eigenvalue weighted by atomic mass is 10.1. The fourth-order valence-corrected chi connectivity index (χ4v) is 2.18. The second kappa shape index (κ2) is 7.80. The molecule has 0 amide bonds. The lowest BCUT2D eigenvalue weighted by molar-refractivity contribution is 0.259. The van der Waals surface area contributed by atoms with Crippen molar-refractivity contribution in [1.82, 2.24) is 0 Å². The molecule has 22 heavy (non-hydrogen) atoms. The molecule has 0 saturated heterocycles. The van der Waals surface area contributed by atoms with Crippen LogP contribution in [0.2, 0.25) is 0 Å². The number of para-hydroxylation sites is 2. The van der Waals surface area contributed by atoms with E-state index in [-0.39, 0.29) is 11.8 Å². The van der Waals surface area contributed by atoms with E-state index < -0.39 is 5.82 Å². The molecule has 0 aliphatic heterocycles. The summed E-state index contributed by atoms with van der Waals surface area (Å²) in [4.78, 5) is 0. The zero-order chi connectivity index (χ0) is 15.9. The van der Waals surface area contributed by atoms with Gasteiger partial charge in [-0.2, -0.15) is 0 Å². The molecule has 0 spiro atoms. The molecule has 0 aromatic heterocycles. The maximum Gasteiger partial charge on any atom is 0.204 e. The lowest BCUT2D eigenvalue weighted by Crippen LogP contribution is -2.29. The highest BCUT2D eigenvalue weighted by atomic mass is 19.1. The Morgan fingerprint density at radius 1 is 1.05 bits per heavy atom. The van der Waals surface area contributed by atoms with E-state index in [2.05, 4.69) is 13.8 Å². The summed E-state index contributed by atoms with van der Waals surface area (Å²) in [6, 6.07) is 13.6. The molecule has 4 heteroatoms. The maximum atomic E-state index is 14.0. The van der Waals surface area contributed by atoms with Crippen molar-refractivity contribution in [2.45, 2.75) is 26.3 Å². The van der Waals surface area contributed by atoms with Crippen molar-refractivity contribution in [1.29, 1.82) is 0 Å². The summed E-state index contributed by atoms with van der Waals surface area (Å²) < 4.78 is 25.3. The van der Waals surface area contributed by atoms with E-state index in [1.54, 1.807) is 24.3 Å². The zero-order valence-electron chi connectivity index (χ0n) is 13.0. The lowest BCUT2D eigenvalue weighted by Gasteiger charge is -2.17. The average Bonchev–Trinajstić information content (AvgIpc) is 2.48. The minimum absolute atomic E-state index is 0.0884. The Bertz CT molecular complexity index is 587. The normalized spacial score (nSPS) is 12.2. The smallest absolute Gasteiger partial charge is 0.204 e. The van der Waals surface area contributed by atoms with E-state index in [4.69, 9.17) is 15.2 Å². The minimum atomic E-state index is -0.459. The Balaban J connectivity index is 2.09. The van der Waals surface area contributed by atoms with Gasteiger partial charge in [0.15, 0.2) is 11.6 Å². The highest BCUT2D eigenvalue weighted by molar-refractivity contribution is 5.43. The number of hydrogen-bond acceptors (Lipinski definition) is 3. The predicted octanol–water partition coefficient (Wildman–Crippen LogP) is 4.37. The third-order valence-electron chi connectivity index (χ3n) is 3.12. The van der Waals surface area contributed by atoms with Crippen molar-refractivity contribution >= 4 is 0 Å². The molecule has 0 saturated carbocycles. The van der Waals surface area contributed by atoms with Gasteiger partial charge in [-0.3, -0.25) is 0 Å². The van der Waals surface area contributed by atoms with Gasteiger partial charge in [0.05, 0.1) is 0 Å². The Labute approximate surface area is 130 Å². The Morgan fingerprint density at radius 2 is 1.77 bits per heavy atom. The number of hydrogen-bond donors (Lipinski definition) is 1. The first-order valence-corrected chi connectivity index (χ1v) is 7.46. The molecule has 0 aliphatic rings. The number of nitrogens with two attached hydrogens (primary N) is 1. The average molecular weight is 303 g/mol. The molecule has 0 fully saturated rings. The molecule has 0 aliphatic carbocycles. The molecular weight excluding hydrogens is 281 g/mol. The number of ether oxygens (including phenoxy) is 2. The summed E-state index contributed by atoms with van der Waals surface area (Å²) in [5.74, 6) is 1.04. The van der Waals surface area contributed by atoms with E-state index in [1.165, 1.54) is 6.07 Å². The van der Waals surface area contributed by atoms with Gasteiger partial charge < -0.3 is 15.2 Å². The Hall–Kier alpha value is -2.07.